The topological polar surface area (TPSA) is 79.3 Å². The van der Waals surface area contributed by atoms with Gasteiger partial charge in [0.25, 0.3) is 5.91 Å². The molecule has 0 radical (unpaired) electrons. The number of likely N-dealkylation sites (tertiary alicyclic amines) is 1. The zero-order chi connectivity index (χ0) is 19.2. The van der Waals surface area contributed by atoms with Crippen molar-refractivity contribution in [2.24, 2.45) is 0 Å². The lowest BCUT2D eigenvalue weighted by atomic mass is 10.1. The SMILES string of the molecule is Cc1cccc(C(=O)N2CCCC2)c1NC(=O)NCCCn1ccnc1C. The van der Waals surface area contributed by atoms with Crippen molar-refractivity contribution in [2.45, 2.75) is 39.7 Å². The molecule has 0 saturated carbocycles. The Balaban J connectivity index is 1.56. The van der Waals surface area contributed by atoms with E-state index in [2.05, 4.69) is 15.6 Å². The first kappa shape index (κ1) is 18.9. The third-order valence-electron chi connectivity index (χ3n) is 4.92. The van der Waals surface area contributed by atoms with Gasteiger partial charge in [0.05, 0.1) is 11.3 Å². The van der Waals surface area contributed by atoms with E-state index in [-0.39, 0.29) is 11.9 Å². The number of nitrogens with one attached hydrogen (secondary N) is 2. The fourth-order valence-electron chi connectivity index (χ4n) is 3.35. The number of carbonyl (C=O) groups is 2. The van der Waals surface area contributed by atoms with Gasteiger partial charge in [0, 0.05) is 38.6 Å². The fraction of sp³-hybridized carbons (Fsp3) is 0.450. The number of rotatable bonds is 6. The highest BCUT2D eigenvalue weighted by atomic mass is 16.2. The number of amides is 3. The molecular weight excluding hydrogens is 342 g/mol. The van der Waals surface area contributed by atoms with Gasteiger partial charge in [-0.15, -0.1) is 0 Å². The summed E-state index contributed by atoms with van der Waals surface area (Å²) in [6, 6.07) is 5.25. The predicted octanol–water partition coefficient (Wildman–Crippen LogP) is 2.95. The molecule has 1 aliphatic heterocycles. The molecular formula is C20H27N5O2. The summed E-state index contributed by atoms with van der Waals surface area (Å²) in [6.45, 7) is 6.77. The van der Waals surface area contributed by atoms with E-state index >= 15 is 0 Å². The summed E-state index contributed by atoms with van der Waals surface area (Å²) < 4.78 is 2.05. The van der Waals surface area contributed by atoms with E-state index in [0.29, 0.717) is 17.8 Å². The third-order valence-corrected chi connectivity index (χ3v) is 4.92. The second kappa shape index (κ2) is 8.70. The average Bonchev–Trinajstić information content (AvgIpc) is 3.32. The molecule has 3 rings (SSSR count). The molecule has 1 aromatic carbocycles. The maximum absolute atomic E-state index is 12.8. The number of hydrogen-bond donors (Lipinski definition) is 2. The van der Waals surface area contributed by atoms with Crippen molar-refractivity contribution in [2.75, 3.05) is 25.0 Å². The average molecular weight is 369 g/mol. The first-order chi connectivity index (χ1) is 13.1. The Morgan fingerprint density at radius 1 is 1.19 bits per heavy atom. The Bertz CT molecular complexity index is 808. The number of imidazole rings is 1. The molecule has 1 aromatic heterocycles. The molecule has 2 aromatic rings. The van der Waals surface area contributed by atoms with Crippen LogP contribution in [0.2, 0.25) is 0 Å². The zero-order valence-corrected chi connectivity index (χ0v) is 16.0. The minimum Gasteiger partial charge on any atom is -0.339 e. The summed E-state index contributed by atoms with van der Waals surface area (Å²) in [5, 5.41) is 5.74. The molecule has 1 saturated heterocycles. The van der Waals surface area contributed by atoms with Gasteiger partial charge in [0.2, 0.25) is 0 Å². The monoisotopic (exact) mass is 369 g/mol. The molecule has 0 bridgehead atoms. The summed E-state index contributed by atoms with van der Waals surface area (Å²) in [5.74, 6) is 0.950. The molecule has 1 fully saturated rings. The molecule has 0 unspecified atom stereocenters. The van der Waals surface area contributed by atoms with Crippen LogP contribution in [-0.2, 0) is 6.54 Å². The largest absolute Gasteiger partial charge is 0.339 e. The van der Waals surface area contributed by atoms with Gasteiger partial charge in [-0.25, -0.2) is 9.78 Å². The van der Waals surface area contributed by atoms with Crippen molar-refractivity contribution in [3.8, 4) is 0 Å². The van der Waals surface area contributed by atoms with E-state index in [1.54, 1.807) is 12.3 Å². The van der Waals surface area contributed by atoms with Gasteiger partial charge in [-0.1, -0.05) is 12.1 Å². The highest BCUT2D eigenvalue weighted by Gasteiger charge is 2.23. The summed E-state index contributed by atoms with van der Waals surface area (Å²) >= 11 is 0. The van der Waals surface area contributed by atoms with Gasteiger partial charge >= 0.3 is 6.03 Å². The van der Waals surface area contributed by atoms with Crippen LogP contribution in [0.15, 0.2) is 30.6 Å². The molecule has 2 N–H and O–H groups in total. The van der Waals surface area contributed by atoms with Crippen molar-refractivity contribution in [1.29, 1.82) is 0 Å². The lowest BCUT2D eigenvalue weighted by Crippen LogP contribution is -2.33. The van der Waals surface area contributed by atoms with Crippen LogP contribution in [-0.4, -0.2) is 46.0 Å². The van der Waals surface area contributed by atoms with Crippen molar-refractivity contribution < 1.29 is 9.59 Å². The van der Waals surface area contributed by atoms with E-state index in [4.69, 9.17) is 0 Å². The van der Waals surface area contributed by atoms with Crippen LogP contribution < -0.4 is 10.6 Å². The van der Waals surface area contributed by atoms with Gasteiger partial charge in [0.15, 0.2) is 0 Å². The molecule has 7 nitrogen and oxygen atoms in total. The van der Waals surface area contributed by atoms with Crippen LogP contribution in [0.3, 0.4) is 0 Å². The Morgan fingerprint density at radius 3 is 2.67 bits per heavy atom. The molecule has 144 valence electrons. The summed E-state index contributed by atoms with van der Waals surface area (Å²) in [7, 11) is 0. The summed E-state index contributed by atoms with van der Waals surface area (Å²) in [4.78, 5) is 31.1. The van der Waals surface area contributed by atoms with Gasteiger partial charge in [-0.3, -0.25) is 4.79 Å². The number of hydrogen-bond acceptors (Lipinski definition) is 3. The van der Waals surface area contributed by atoms with E-state index in [1.807, 2.05) is 41.6 Å². The smallest absolute Gasteiger partial charge is 0.319 e. The van der Waals surface area contributed by atoms with Crippen LogP contribution >= 0.6 is 0 Å². The lowest BCUT2D eigenvalue weighted by Gasteiger charge is -2.19. The van der Waals surface area contributed by atoms with Crippen molar-refractivity contribution in [1.82, 2.24) is 19.8 Å². The maximum Gasteiger partial charge on any atom is 0.319 e. The second-order valence-electron chi connectivity index (χ2n) is 6.90. The maximum atomic E-state index is 12.8. The first-order valence-electron chi connectivity index (χ1n) is 9.48. The lowest BCUT2D eigenvalue weighted by molar-refractivity contribution is 0.0794. The molecule has 0 atom stereocenters. The predicted molar refractivity (Wildman–Crippen MR) is 105 cm³/mol. The molecule has 2 heterocycles. The second-order valence-corrected chi connectivity index (χ2v) is 6.90. The zero-order valence-electron chi connectivity index (χ0n) is 16.0. The number of urea groups is 1. The molecule has 0 aliphatic carbocycles. The Morgan fingerprint density at radius 2 is 1.96 bits per heavy atom. The normalized spacial score (nSPS) is 13.6. The molecule has 0 spiro atoms. The summed E-state index contributed by atoms with van der Waals surface area (Å²) in [5.41, 5.74) is 2.03. The molecule has 7 heteroatoms. The molecule has 1 aliphatic rings. The number of para-hydroxylation sites is 1. The molecule has 27 heavy (non-hydrogen) atoms. The first-order valence-corrected chi connectivity index (χ1v) is 9.48. The van der Waals surface area contributed by atoms with E-state index in [0.717, 1.165) is 50.3 Å². The Kier molecular flexibility index (Phi) is 6.11. The van der Waals surface area contributed by atoms with Crippen LogP contribution in [0.1, 0.15) is 41.0 Å². The number of aryl methyl sites for hydroxylation is 3. The number of benzene rings is 1. The van der Waals surface area contributed by atoms with Crippen LogP contribution in [0.25, 0.3) is 0 Å². The minimum absolute atomic E-state index is 0.0120. The van der Waals surface area contributed by atoms with Gasteiger partial charge in [-0.2, -0.15) is 0 Å². The fourth-order valence-corrected chi connectivity index (χ4v) is 3.35. The Labute approximate surface area is 159 Å². The van der Waals surface area contributed by atoms with Crippen molar-refractivity contribution in [3.63, 3.8) is 0 Å². The van der Waals surface area contributed by atoms with E-state index in [1.165, 1.54) is 0 Å². The quantitative estimate of drug-likeness (QED) is 0.769. The standard InChI is InChI=1S/C20H27N5O2/c1-15-7-5-8-17(19(26)25-11-3-4-12-25)18(15)23-20(27)22-9-6-13-24-14-10-21-16(24)2/h5,7-8,10,14H,3-4,6,9,11-13H2,1-2H3,(H2,22,23,27). The van der Waals surface area contributed by atoms with Gasteiger partial charge < -0.3 is 20.1 Å². The van der Waals surface area contributed by atoms with Crippen LogP contribution in [0, 0.1) is 13.8 Å². The third kappa shape index (κ3) is 4.67. The van der Waals surface area contributed by atoms with Gasteiger partial charge in [0.1, 0.15) is 5.82 Å². The highest BCUT2D eigenvalue weighted by molar-refractivity contribution is 6.04. The number of aromatic nitrogens is 2. The molecule has 3 amide bonds. The summed E-state index contributed by atoms with van der Waals surface area (Å²) in [6.07, 6.45) is 6.58. The number of nitrogens with zero attached hydrogens (tertiary/aromatic N) is 3. The van der Waals surface area contributed by atoms with E-state index < -0.39 is 0 Å². The van der Waals surface area contributed by atoms with Crippen LogP contribution in [0.4, 0.5) is 10.5 Å². The van der Waals surface area contributed by atoms with E-state index in [9.17, 15) is 9.59 Å². The number of anilines is 1. The Hall–Kier alpha value is -2.83. The highest BCUT2D eigenvalue weighted by Crippen LogP contribution is 2.23. The minimum atomic E-state index is -0.290. The van der Waals surface area contributed by atoms with Crippen molar-refractivity contribution >= 4 is 17.6 Å². The van der Waals surface area contributed by atoms with Crippen molar-refractivity contribution in [3.05, 3.63) is 47.5 Å². The van der Waals surface area contributed by atoms with Crippen LogP contribution in [0.5, 0.6) is 0 Å². The number of carbonyl (C=O) groups excluding carboxylic acids is 2. The van der Waals surface area contributed by atoms with Gasteiger partial charge in [-0.05, 0) is 44.7 Å².